The number of fused-ring (bicyclic) bond motifs is 6. The third kappa shape index (κ3) is 3.05. The van der Waals surface area contributed by atoms with E-state index >= 15 is 0 Å². The number of carbonyl (C=O) groups excluding carboxylic acids is 1. The predicted octanol–water partition coefficient (Wildman–Crippen LogP) is 4.02. The minimum atomic E-state index is -0.0142. The van der Waals surface area contributed by atoms with E-state index in [0.717, 1.165) is 35.9 Å². The van der Waals surface area contributed by atoms with E-state index in [1.165, 1.54) is 24.8 Å². The Hall–Kier alpha value is -3.41. The number of hydrogen-bond acceptors (Lipinski definition) is 3. The third-order valence-corrected chi connectivity index (χ3v) is 7.01. The van der Waals surface area contributed by atoms with Crippen LogP contribution in [0.1, 0.15) is 37.7 Å². The highest BCUT2D eigenvalue weighted by atomic mass is 16.2. The van der Waals surface area contributed by atoms with Gasteiger partial charge in [0, 0.05) is 23.5 Å². The summed E-state index contributed by atoms with van der Waals surface area (Å²) in [5, 5.41) is 5.02. The highest BCUT2D eigenvalue weighted by molar-refractivity contribution is 5.93. The molecule has 32 heavy (non-hydrogen) atoms. The summed E-state index contributed by atoms with van der Waals surface area (Å²) in [4.78, 5) is 31.2. The summed E-state index contributed by atoms with van der Waals surface area (Å²) in [7, 11) is 0. The predicted molar refractivity (Wildman–Crippen MR) is 126 cm³/mol. The van der Waals surface area contributed by atoms with E-state index in [-0.39, 0.29) is 24.1 Å². The lowest BCUT2D eigenvalue weighted by molar-refractivity contribution is -0.122. The van der Waals surface area contributed by atoms with Crippen molar-refractivity contribution in [3.63, 3.8) is 0 Å². The molecule has 3 heterocycles. The van der Waals surface area contributed by atoms with Crippen LogP contribution in [0.2, 0.25) is 0 Å². The average Bonchev–Trinajstić information content (AvgIpc) is 3.14. The van der Waals surface area contributed by atoms with Gasteiger partial charge in [-0.25, -0.2) is 4.98 Å². The summed E-state index contributed by atoms with van der Waals surface area (Å²) >= 11 is 0. The Morgan fingerprint density at radius 3 is 2.59 bits per heavy atom. The molecule has 1 N–H and O–H groups in total. The summed E-state index contributed by atoms with van der Waals surface area (Å²) in [6, 6.07) is 16.0. The molecule has 2 aromatic carbocycles. The van der Waals surface area contributed by atoms with E-state index in [2.05, 4.69) is 22.0 Å². The fraction of sp³-hybridized carbons (Fsp3) is 0.346. The van der Waals surface area contributed by atoms with Crippen LogP contribution in [-0.4, -0.2) is 26.1 Å². The van der Waals surface area contributed by atoms with Gasteiger partial charge in [-0.1, -0.05) is 49.6 Å². The molecule has 162 valence electrons. The number of hydrogen-bond donors (Lipinski definition) is 1. The minimum Gasteiger partial charge on any atom is -0.352 e. The number of aromatic nitrogens is 3. The van der Waals surface area contributed by atoms with E-state index in [1.54, 1.807) is 4.57 Å². The van der Waals surface area contributed by atoms with Crippen LogP contribution < -0.4 is 10.9 Å². The molecule has 1 saturated carbocycles. The number of nitrogens with one attached hydrogen (secondary N) is 1. The molecule has 6 heteroatoms. The Bertz CT molecular complexity index is 1410. The van der Waals surface area contributed by atoms with Gasteiger partial charge in [-0.05, 0) is 43.0 Å². The van der Waals surface area contributed by atoms with Crippen LogP contribution in [0, 0.1) is 0 Å². The first kappa shape index (κ1) is 19.3. The summed E-state index contributed by atoms with van der Waals surface area (Å²) in [6.07, 6.45) is 6.48. The second-order valence-corrected chi connectivity index (χ2v) is 8.99. The Kier molecular flexibility index (Phi) is 4.59. The summed E-state index contributed by atoms with van der Waals surface area (Å²) in [6.45, 7) is 0.830. The molecular formula is C26H26N4O2. The Morgan fingerprint density at radius 2 is 1.75 bits per heavy atom. The molecule has 2 aliphatic rings. The number of carbonyl (C=O) groups is 1. The zero-order valence-electron chi connectivity index (χ0n) is 18.0. The van der Waals surface area contributed by atoms with Gasteiger partial charge in [0.25, 0.3) is 5.56 Å². The van der Waals surface area contributed by atoms with Crippen molar-refractivity contribution in [2.75, 3.05) is 0 Å². The van der Waals surface area contributed by atoms with Gasteiger partial charge in [-0.3, -0.25) is 14.2 Å². The number of rotatable bonds is 3. The molecule has 2 aromatic heterocycles. The SMILES string of the molecule is O=C(Cn1c2c(c3ccccc31)CCn1c-2nc2ccccc2c1=O)NC1CCCCC1. The zero-order valence-corrected chi connectivity index (χ0v) is 18.0. The molecule has 6 rings (SSSR count). The van der Waals surface area contributed by atoms with Crippen LogP contribution in [0.15, 0.2) is 53.3 Å². The van der Waals surface area contributed by atoms with E-state index in [4.69, 9.17) is 4.98 Å². The van der Waals surface area contributed by atoms with Crippen LogP contribution in [0.3, 0.4) is 0 Å². The van der Waals surface area contributed by atoms with Gasteiger partial charge < -0.3 is 9.88 Å². The highest BCUT2D eigenvalue weighted by Gasteiger charge is 2.28. The molecule has 6 nitrogen and oxygen atoms in total. The van der Waals surface area contributed by atoms with Gasteiger partial charge in [-0.2, -0.15) is 0 Å². The maximum absolute atomic E-state index is 13.2. The standard InChI is InChI=1S/C26H26N4O2/c31-23(27-17-8-2-1-3-9-17)16-30-22-13-7-5-10-18(22)19-14-15-29-25(24(19)30)28-21-12-6-4-11-20(21)26(29)32/h4-7,10-13,17H,1-3,8-9,14-16H2,(H,27,31). The fourth-order valence-corrected chi connectivity index (χ4v) is 5.49. The van der Waals surface area contributed by atoms with Crippen LogP contribution in [0.5, 0.6) is 0 Å². The van der Waals surface area contributed by atoms with E-state index in [0.29, 0.717) is 23.3 Å². The second kappa shape index (κ2) is 7.62. The van der Waals surface area contributed by atoms with Crippen molar-refractivity contribution in [3.05, 3.63) is 64.4 Å². The van der Waals surface area contributed by atoms with Crippen molar-refractivity contribution in [2.24, 2.45) is 0 Å². The monoisotopic (exact) mass is 426 g/mol. The molecule has 1 aliphatic carbocycles. The number of amides is 1. The van der Waals surface area contributed by atoms with Gasteiger partial charge in [0.1, 0.15) is 6.54 Å². The highest BCUT2D eigenvalue weighted by Crippen LogP contribution is 2.36. The fourth-order valence-electron chi connectivity index (χ4n) is 5.49. The lowest BCUT2D eigenvalue weighted by Crippen LogP contribution is -2.38. The van der Waals surface area contributed by atoms with Crippen LogP contribution in [0.4, 0.5) is 0 Å². The topological polar surface area (TPSA) is 68.9 Å². The lowest BCUT2D eigenvalue weighted by Gasteiger charge is -2.24. The van der Waals surface area contributed by atoms with Gasteiger partial charge in [0.05, 0.1) is 16.6 Å². The summed E-state index contributed by atoms with van der Waals surface area (Å²) in [5.41, 5.74) is 3.78. The summed E-state index contributed by atoms with van der Waals surface area (Å²) in [5.74, 6) is 0.692. The van der Waals surface area contributed by atoms with E-state index in [1.807, 2.05) is 36.4 Å². The van der Waals surface area contributed by atoms with Crippen LogP contribution >= 0.6 is 0 Å². The molecule has 1 aliphatic heterocycles. The molecule has 4 aromatic rings. The lowest BCUT2D eigenvalue weighted by atomic mass is 9.95. The van der Waals surface area contributed by atoms with Crippen LogP contribution in [-0.2, 0) is 24.3 Å². The molecule has 0 bridgehead atoms. The number of nitrogens with zero attached hydrogens (tertiary/aromatic N) is 3. The van der Waals surface area contributed by atoms with E-state index in [9.17, 15) is 9.59 Å². The maximum atomic E-state index is 13.2. The van der Waals surface area contributed by atoms with Crippen molar-refractivity contribution in [1.82, 2.24) is 19.4 Å². The second-order valence-electron chi connectivity index (χ2n) is 8.99. The molecule has 0 atom stereocenters. The first-order chi connectivity index (χ1) is 15.7. The summed E-state index contributed by atoms with van der Waals surface area (Å²) < 4.78 is 3.84. The van der Waals surface area contributed by atoms with Crippen molar-refractivity contribution >= 4 is 27.7 Å². The Morgan fingerprint density at radius 1 is 1.00 bits per heavy atom. The molecule has 0 spiro atoms. The Balaban J connectivity index is 1.50. The average molecular weight is 427 g/mol. The van der Waals surface area contributed by atoms with Gasteiger partial charge >= 0.3 is 0 Å². The molecule has 1 amide bonds. The molecular weight excluding hydrogens is 400 g/mol. The zero-order chi connectivity index (χ0) is 21.7. The van der Waals surface area contributed by atoms with Gasteiger partial charge in [-0.15, -0.1) is 0 Å². The van der Waals surface area contributed by atoms with Gasteiger partial charge in [0.15, 0.2) is 5.82 Å². The van der Waals surface area contributed by atoms with E-state index < -0.39 is 0 Å². The molecule has 0 radical (unpaired) electrons. The number of para-hydroxylation sites is 2. The Labute approximate surface area is 185 Å². The molecule has 0 unspecified atom stereocenters. The largest absolute Gasteiger partial charge is 0.352 e. The first-order valence-electron chi connectivity index (χ1n) is 11.6. The molecule has 1 fully saturated rings. The number of aryl methyl sites for hydroxylation is 1. The van der Waals surface area contributed by atoms with Crippen LogP contribution in [0.25, 0.3) is 33.3 Å². The van der Waals surface area contributed by atoms with Crippen molar-refractivity contribution in [1.29, 1.82) is 0 Å². The smallest absolute Gasteiger partial charge is 0.261 e. The third-order valence-electron chi connectivity index (χ3n) is 7.01. The quantitative estimate of drug-likeness (QED) is 0.538. The van der Waals surface area contributed by atoms with Crippen molar-refractivity contribution in [3.8, 4) is 11.5 Å². The minimum absolute atomic E-state index is 0.0142. The normalized spacial score (nSPS) is 16.1. The van der Waals surface area contributed by atoms with Gasteiger partial charge in [0.2, 0.25) is 5.91 Å². The maximum Gasteiger partial charge on any atom is 0.261 e. The molecule has 0 saturated heterocycles. The van der Waals surface area contributed by atoms with Crippen molar-refractivity contribution < 1.29 is 4.79 Å². The van der Waals surface area contributed by atoms with Crippen molar-refractivity contribution in [2.45, 2.75) is 57.7 Å². The first-order valence-corrected chi connectivity index (χ1v) is 11.6. The number of benzene rings is 2.